The van der Waals surface area contributed by atoms with Crippen molar-refractivity contribution in [3.8, 4) is 5.75 Å². The van der Waals surface area contributed by atoms with E-state index in [1.54, 1.807) is 12.1 Å². The van der Waals surface area contributed by atoms with E-state index in [-0.39, 0.29) is 6.10 Å². The zero-order valence-corrected chi connectivity index (χ0v) is 9.86. The van der Waals surface area contributed by atoms with Crippen molar-refractivity contribution in [2.24, 2.45) is 0 Å². The molecule has 17 heavy (non-hydrogen) atoms. The highest BCUT2D eigenvalue weighted by molar-refractivity contribution is 5.96. The van der Waals surface area contributed by atoms with E-state index in [2.05, 4.69) is 4.74 Å². The molecule has 0 amide bonds. The number of benzene rings is 1. The molecular formula is C12H15NO4. The zero-order chi connectivity index (χ0) is 12.4. The van der Waals surface area contributed by atoms with Gasteiger partial charge in [0.1, 0.15) is 11.9 Å². The summed E-state index contributed by atoms with van der Waals surface area (Å²) in [6.45, 7) is 2.99. The fourth-order valence-corrected chi connectivity index (χ4v) is 1.59. The topological polar surface area (TPSA) is 70.8 Å². The highest BCUT2D eigenvalue weighted by atomic mass is 16.6. The molecule has 0 aliphatic carbocycles. The van der Waals surface area contributed by atoms with Crippen molar-refractivity contribution in [2.45, 2.75) is 13.0 Å². The molecule has 0 aromatic heterocycles. The predicted octanol–water partition coefficient (Wildman–Crippen LogP) is 1.14. The molecule has 0 unspecified atom stereocenters. The first-order chi connectivity index (χ1) is 8.11. The molecule has 1 aromatic rings. The lowest BCUT2D eigenvalue weighted by molar-refractivity contribution is -0.0797. The zero-order valence-electron chi connectivity index (χ0n) is 9.86. The van der Waals surface area contributed by atoms with Gasteiger partial charge in [0.15, 0.2) is 0 Å². The fraction of sp³-hybridized carbons (Fsp3) is 0.417. The Kier molecular flexibility index (Phi) is 3.19. The summed E-state index contributed by atoms with van der Waals surface area (Å²) in [5, 5.41) is 0. The Morgan fingerprint density at radius 3 is 2.71 bits per heavy atom. The minimum absolute atomic E-state index is 0.0588. The van der Waals surface area contributed by atoms with Crippen LogP contribution in [0.4, 0.5) is 5.69 Å². The quantitative estimate of drug-likeness (QED) is 0.630. The number of methoxy groups -OCH3 is 1. The van der Waals surface area contributed by atoms with E-state index in [1.807, 2.05) is 6.92 Å². The van der Waals surface area contributed by atoms with E-state index in [0.717, 1.165) is 5.56 Å². The lowest BCUT2D eigenvalue weighted by Crippen LogP contribution is -2.38. The molecule has 2 rings (SSSR count). The molecule has 0 saturated carbocycles. The number of carbonyl (C=O) groups excluding carboxylic acids is 1. The Bertz CT molecular complexity index is 440. The maximum Gasteiger partial charge on any atom is 0.340 e. The minimum atomic E-state index is -0.457. The predicted molar refractivity (Wildman–Crippen MR) is 62.2 cm³/mol. The molecule has 1 aliphatic heterocycles. The first kappa shape index (κ1) is 11.7. The average Bonchev–Trinajstić information content (AvgIpc) is 2.27. The molecule has 0 spiro atoms. The SMILES string of the molecule is COC(=O)c1cc(OC2COC2)cc(C)c1N. The third kappa shape index (κ3) is 2.34. The van der Waals surface area contributed by atoms with Crippen molar-refractivity contribution in [3.63, 3.8) is 0 Å². The van der Waals surface area contributed by atoms with Crippen LogP contribution in [0.25, 0.3) is 0 Å². The fourth-order valence-electron chi connectivity index (χ4n) is 1.59. The van der Waals surface area contributed by atoms with E-state index in [4.69, 9.17) is 15.2 Å². The number of nitrogens with two attached hydrogens (primary N) is 1. The summed E-state index contributed by atoms with van der Waals surface area (Å²) in [7, 11) is 1.32. The van der Waals surface area contributed by atoms with Crippen LogP contribution in [0, 0.1) is 6.92 Å². The van der Waals surface area contributed by atoms with Crippen LogP contribution in [0.5, 0.6) is 5.75 Å². The summed E-state index contributed by atoms with van der Waals surface area (Å²) >= 11 is 0. The molecule has 2 N–H and O–H groups in total. The Morgan fingerprint density at radius 1 is 1.47 bits per heavy atom. The maximum absolute atomic E-state index is 11.5. The van der Waals surface area contributed by atoms with Crippen LogP contribution in [-0.2, 0) is 9.47 Å². The van der Waals surface area contributed by atoms with Gasteiger partial charge >= 0.3 is 5.97 Å². The van der Waals surface area contributed by atoms with E-state index in [1.165, 1.54) is 7.11 Å². The molecule has 1 fully saturated rings. The van der Waals surface area contributed by atoms with Gasteiger partial charge in [0.05, 0.1) is 25.9 Å². The van der Waals surface area contributed by atoms with Crippen molar-refractivity contribution in [2.75, 3.05) is 26.1 Å². The first-order valence-corrected chi connectivity index (χ1v) is 5.34. The van der Waals surface area contributed by atoms with Gasteiger partial charge in [-0.15, -0.1) is 0 Å². The number of hydrogen-bond acceptors (Lipinski definition) is 5. The number of anilines is 1. The number of nitrogen functional groups attached to an aromatic ring is 1. The Labute approximate surface area is 99.5 Å². The van der Waals surface area contributed by atoms with Crippen LogP contribution >= 0.6 is 0 Å². The van der Waals surface area contributed by atoms with Gasteiger partial charge in [-0.2, -0.15) is 0 Å². The van der Waals surface area contributed by atoms with Crippen LogP contribution in [0.2, 0.25) is 0 Å². The molecule has 0 atom stereocenters. The Balaban J connectivity index is 2.27. The largest absolute Gasteiger partial charge is 0.486 e. The van der Waals surface area contributed by atoms with Crippen LogP contribution < -0.4 is 10.5 Å². The summed E-state index contributed by atoms with van der Waals surface area (Å²) in [4.78, 5) is 11.5. The van der Waals surface area contributed by atoms with E-state index in [9.17, 15) is 4.79 Å². The van der Waals surface area contributed by atoms with Gasteiger partial charge in [-0.05, 0) is 24.6 Å². The van der Waals surface area contributed by atoms with Crippen LogP contribution in [-0.4, -0.2) is 32.4 Å². The van der Waals surface area contributed by atoms with Gasteiger partial charge in [-0.3, -0.25) is 0 Å². The molecule has 1 aromatic carbocycles. The van der Waals surface area contributed by atoms with Gasteiger partial charge in [0, 0.05) is 5.69 Å². The normalized spacial score (nSPS) is 15.2. The molecule has 0 bridgehead atoms. The van der Waals surface area contributed by atoms with Gasteiger partial charge in [-0.1, -0.05) is 0 Å². The molecule has 1 heterocycles. The Morgan fingerprint density at radius 2 is 2.18 bits per heavy atom. The highest BCUT2D eigenvalue weighted by Crippen LogP contribution is 2.26. The molecule has 0 radical (unpaired) electrons. The second-order valence-electron chi connectivity index (χ2n) is 3.97. The van der Waals surface area contributed by atoms with Crippen molar-refractivity contribution in [3.05, 3.63) is 23.3 Å². The van der Waals surface area contributed by atoms with Gasteiger partial charge in [-0.25, -0.2) is 4.79 Å². The first-order valence-electron chi connectivity index (χ1n) is 5.34. The van der Waals surface area contributed by atoms with Gasteiger partial charge < -0.3 is 19.9 Å². The number of ether oxygens (including phenoxy) is 3. The molecule has 1 aliphatic rings. The number of aryl methyl sites for hydroxylation is 1. The van der Waals surface area contributed by atoms with E-state index in [0.29, 0.717) is 30.2 Å². The Hall–Kier alpha value is -1.75. The molecule has 5 nitrogen and oxygen atoms in total. The summed E-state index contributed by atoms with van der Waals surface area (Å²) in [6.07, 6.45) is 0.0588. The van der Waals surface area contributed by atoms with Gasteiger partial charge in [0.25, 0.3) is 0 Å². The number of esters is 1. The minimum Gasteiger partial charge on any atom is -0.486 e. The third-order valence-electron chi connectivity index (χ3n) is 2.68. The molecule has 5 heteroatoms. The maximum atomic E-state index is 11.5. The second-order valence-corrected chi connectivity index (χ2v) is 3.97. The molecular weight excluding hydrogens is 222 g/mol. The summed E-state index contributed by atoms with van der Waals surface area (Å²) in [6, 6.07) is 3.41. The second kappa shape index (κ2) is 4.63. The standard InChI is InChI=1S/C12H15NO4/c1-7-3-8(17-9-5-16-6-9)4-10(11(7)13)12(14)15-2/h3-4,9H,5-6,13H2,1-2H3. The van der Waals surface area contributed by atoms with Crippen molar-refractivity contribution in [1.29, 1.82) is 0 Å². The lowest BCUT2D eigenvalue weighted by Gasteiger charge is -2.27. The van der Waals surface area contributed by atoms with Crippen molar-refractivity contribution in [1.82, 2.24) is 0 Å². The highest BCUT2D eigenvalue weighted by Gasteiger charge is 2.21. The van der Waals surface area contributed by atoms with Crippen LogP contribution in [0.15, 0.2) is 12.1 Å². The van der Waals surface area contributed by atoms with E-state index < -0.39 is 5.97 Å². The van der Waals surface area contributed by atoms with Crippen LogP contribution in [0.3, 0.4) is 0 Å². The van der Waals surface area contributed by atoms with Crippen molar-refractivity contribution < 1.29 is 19.0 Å². The monoisotopic (exact) mass is 237 g/mol. The number of carbonyl (C=O) groups is 1. The summed E-state index contributed by atoms with van der Waals surface area (Å²) < 4.78 is 15.3. The molecule has 1 saturated heterocycles. The van der Waals surface area contributed by atoms with Gasteiger partial charge in [0.2, 0.25) is 0 Å². The number of hydrogen-bond donors (Lipinski definition) is 1. The summed E-state index contributed by atoms with van der Waals surface area (Å²) in [5.41, 5.74) is 7.38. The number of rotatable bonds is 3. The lowest BCUT2D eigenvalue weighted by atomic mass is 10.1. The van der Waals surface area contributed by atoms with Crippen molar-refractivity contribution >= 4 is 11.7 Å². The van der Waals surface area contributed by atoms with Crippen LogP contribution in [0.1, 0.15) is 15.9 Å². The third-order valence-corrected chi connectivity index (χ3v) is 2.68. The summed E-state index contributed by atoms with van der Waals surface area (Å²) in [5.74, 6) is 0.159. The smallest absolute Gasteiger partial charge is 0.340 e. The molecule has 92 valence electrons. The average molecular weight is 237 g/mol. The van der Waals surface area contributed by atoms with E-state index >= 15 is 0 Å².